The molecule has 1 aliphatic rings. The average Bonchev–Trinajstić information content (AvgIpc) is 2.95. The molecule has 17 heavy (non-hydrogen) atoms. The highest BCUT2D eigenvalue weighted by Gasteiger charge is 2.18. The highest BCUT2D eigenvalue weighted by molar-refractivity contribution is 9.10. The maximum absolute atomic E-state index is 5.29. The second-order valence-corrected chi connectivity index (χ2v) is 6.03. The lowest BCUT2D eigenvalue weighted by Crippen LogP contribution is -1.94. The van der Waals surface area contributed by atoms with E-state index in [1.165, 1.54) is 36.0 Å². The van der Waals surface area contributed by atoms with Gasteiger partial charge in [0.2, 0.25) is 0 Å². The molecule has 3 heteroatoms. The van der Waals surface area contributed by atoms with Crippen LogP contribution in [-0.2, 0) is 12.8 Å². The molecule has 0 amide bonds. The third-order valence-electron chi connectivity index (χ3n) is 3.33. The molecule has 0 fully saturated rings. The molecule has 1 aromatic heterocycles. The molecule has 1 unspecified atom stereocenters. The van der Waals surface area contributed by atoms with Gasteiger partial charge < -0.3 is 4.42 Å². The molecule has 2 aromatic rings. The summed E-state index contributed by atoms with van der Waals surface area (Å²) in [5.41, 5.74) is 5.46. The predicted molar refractivity (Wildman–Crippen MR) is 75.6 cm³/mol. The highest BCUT2D eigenvalue weighted by Crippen LogP contribution is 2.37. The van der Waals surface area contributed by atoms with Crippen molar-refractivity contribution in [1.29, 1.82) is 0 Å². The Morgan fingerprint density at radius 3 is 2.71 bits per heavy atom. The van der Waals surface area contributed by atoms with Crippen LogP contribution in [0.4, 0.5) is 0 Å². The maximum Gasteiger partial charge on any atom is 0.173 e. The first-order valence-electron chi connectivity index (χ1n) is 5.74. The first-order chi connectivity index (χ1) is 8.25. The van der Waals surface area contributed by atoms with Gasteiger partial charge in [-0.05, 0) is 57.9 Å². The van der Waals surface area contributed by atoms with E-state index in [0.29, 0.717) is 0 Å². The van der Waals surface area contributed by atoms with Gasteiger partial charge >= 0.3 is 0 Å². The molecule has 0 bridgehead atoms. The standard InChI is InChI=1S/C14H12Br2O/c15-13(12-6-7-17-14(12)16)11-5-4-9-2-1-3-10(9)8-11/h4-8,13H,1-3H2. The minimum atomic E-state index is 0.196. The van der Waals surface area contributed by atoms with Crippen molar-refractivity contribution in [2.24, 2.45) is 0 Å². The van der Waals surface area contributed by atoms with Crippen molar-refractivity contribution in [3.8, 4) is 0 Å². The Labute approximate surface area is 117 Å². The molecular formula is C14H12Br2O. The van der Waals surface area contributed by atoms with Crippen LogP contribution in [0.5, 0.6) is 0 Å². The van der Waals surface area contributed by atoms with Crippen LogP contribution in [-0.4, -0.2) is 0 Å². The average molecular weight is 356 g/mol. The van der Waals surface area contributed by atoms with E-state index in [9.17, 15) is 0 Å². The molecule has 1 heterocycles. The van der Waals surface area contributed by atoms with Crippen LogP contribution in [0.2, 0.25) is 0 Å². The molecule has 1 atom stereocenters. The fourth-order valence-corrected chi connectivity index (χ4v) is 3.84. The monoisotopic (exact) mass is 354 g/mol. The van der Waals surface area contributed by atoms with E-state index in [-0.39, 0.29) is 4.83 Å². The number of fused-ring (bicyclic) bond motifs is 1. The van der Waals surface area contributed by atoms with Crippen LogP contribution in [0, 0.1) is 0 Å². The molecule has 88 valence electrons. The van der Waals surface area contributed by atoms with Gasteiger partial charge in [0.05, 0.1) is 11.1 Å². The van der Waals surface area contributed by atoms with E-state index < -0.39 is 0 Å². The van der Waals surface area contributed by atoms with Gasteiger partial charge in [-0.25, -0.2) is 0 Å². The van der Waals surface area contributed by atoms with Gasteiger partial charge in [0.25, 0.3) is 0 Å². The van der Waals surface area contributed by atoms with Crippen molar-refractivity contribution in [2.75, 3.05) is 0 Å². The largest absolute Gasteiger partial charge is 0.457 e. The Morgan fingerprint density at radius 1 is 1.12 bits per heavy atom. The van der Waals surface area contributed by atoms with Gasteiger partial charge in [-0.2, -0.15) is 0 Å². The summed E-state index contributed by atoms with van der Waals surface area (Å²) >= 11 is 7.17. The van der Waals surface area contributed by atoms with Gasteiger partial charge in [0.1, 0.15) is 0 Å². The zero-order valence-electron chi connectivity index (χ0n) is 9.25. The van der Waals surface area contributed by atoms with Gasteiger partial charge in [0.15, 0.2) is 4.67 Å². The lowest BCUT2D eigenvalue weighted by molar-refractivity contribution is 0.537. The summed E-state index contributed by atoms with van der Waals surface area (Å²) in [4.78, 5) is 0.196. The molecule has 0 N–H and O–H groups in total. The zero-order chi connectivity index (χ0) is 11.8. The zero-order valence-corrected chi connectivity index (χ0v) is 12.4. The van der Waals surface area contributed by atoms with Gasteiger partial charge in [-0.1, -0.05) is 34.1 Å². The summed E-state index contributed by atoms with van der Waals surface area (Å²) < 4.78 is 6.09. The summed E-state index contributed by atoms with van der Waals surface area (Å²) in [6.45, 7) is 0. The van der Waals surface area contributed by atoms with Crippen LogP contribution in [0.3, 0.4) is 0 Å². The SMILES string of the molecule is Brc1occc1C(Br)c1ccc2c(c1)CCC2. The van der Waals surface area contributed by atoms with E-state index in [1.54, 1.807) is 6.26 Å². The van der Waals surface area contributed by atoms with Crippen molar-refractivity contribution in [3.63, 3.8) is 0 Å². The fraction of sp³-hybridized carbons (Fsp3) is 0.286. The summed E-state index contributed by atoms with van der Waals surface area (Å²) in [7, 11) is 0. The van der Waals surface area contributed by atoms with Crippen LogP contribution in [0.15, 0.2) is 39.6 Å². The number of hydrogen-bond donors (Lipinski definition) is 0. The summed E-state index contributed by atoms with van der Waals surface area (Å²) in [5, 5.41) is 0. The first-order valence-corrected chi connectivity index (χ1v) is 7.45. The molecule has 3 rings (SSSR count). The van der Waals surface area contributed by atoms with E-state index in [1.807, 2.05) is 6.07 Å². The Balaban J connectivity index is 1.97. The van der Waals surface area contributed by atoms with Crippen molar-refractivity contribution >= 4 is 31.9 Å². The van der Waals surface area contributed by atoms with Crippen molar-refractivity contribution in [2.45, 2.75) is 24.1 Å². The number of furan rings is 1. The lowest BCUT2D eigenvalue weighted by Gasteiger charge is -2.10. The Hall–Kier alpha value is -0.540. The second kappa shape index (κ2) is 4.62. The molecule has 0 radical (unpaired) electrons. The van der Waals surface area contributed by atoms with Crippen LogP contribution >= 0.6 is 31.9 Å². The highest BCUT2D eigenvalue weighted by atomic mass is 79.9. The predicted octanol–water partition coefficient (Wildman–Crippen LogP) is 5.02. The van der Waals surface area contributed by atoms with Gasteiger partial charge in [-0.3, -0.25) is 0 Å². The normalized spacial score (nSPS) is 15.9. The number of benzene rings is 1. The molecule has 0 saturated heterocycles. The third kappa shape index (κ3) is 2.11. The molecule has 1 aromatic carbocycles. The molecule has 0 saturated carbocycles. The van der Waals surface area contributed by atoms with Crippen LogP contribution in [0.25, 0.3) is 0 Å². The van der Waals surface area contributed by atoms with Gasteiger partial charge in [-0.15, -0.1) is 0 Å². The topological polar surface area (TPSA) is 13.1 Å². The number of alkyl halides is 1. The quantitative estimate of drug-likeness (QED) is 0.689. The second-order valence-electron chi connectivity index (χ2n) is 4.39. The number of rotatable bonds is 2. The minimum absolute atomic E-state index is 0.196. The maximum atomic E-state index is 5.29. The van der Waals surface area contributed by atoms with Crippen LogP contribution in [0.1, 0.15) is 33.5 Å². The lowest BCUT2D eigenvalue weighted by atomic mass is 10.0. The van der Waals surface area contributed by atoms with E-state index >= 15 is 0 Å². The summed E-state index contributed by atoms with van der Waals surface area (Å²) in [6, 6.07) is 8.79. The Kier molecular flexibility index (Phi) is 3.14. The first kappa shape index (κ1) is 11.5. The number of hydrogen-bond acceptors (Lipinski definition) is 1. The molecule has 0 spiro atoms. The summed E-state index contributed by atoms with van der Waals surface area (Å²) in [5.74, 6) is 0. The minimum Gasteiger partial charge on any atom is -0.457 e. The molecule has 1 aliphatic carbocycles. The van der Waals surface area contributed by atoms with Crippen molar-refractivity contribution in [1.82, 2.24) is 0 Å². The Morgan fingerprint density at radius 2 is 1.94 bits per heavy atom. The van der Waals surface area contributed by atoms with Crippen molar-refractivity contribution in [3.05, 3.63) is 57.5 Å². The van der Waals surface area contributed by atoms with E-state index in [2.05, 4.69) is 50.1 Å². The fourth-order valence-electron chi connectivity index (χ4n) is 2.41. The van der Waals surface area contributed by atoms with Crippen molar-refractivity contribution < 1.29 is 4.42 Å². The van der Waals surface area contributed by atoms with Gasteiger partial charge in [0, 0.05) is 5.56 Å². The summed E-state index contributed by atoms with van der Waals surface area (Å²) in [6.07, 6.45) is 5.45. The van der Waals surface area contributed by atoms with Crippen LogP contribution < -0.4 is 0 Å². The van der Waals surface area contributed by atoms with E-state index in [4.69, 9.17) is 4.42 Å². The number of aryl methyl sites for hydroxylation is 2. The Bertz CT molecular complexity index is 545. The smallest absolute Gasteiger partial charge is 0.173 e. The number of halogens is 2. The molecule has 1 nitrogen and oxygen atoms in total. The van der Waals surface area contributed by atoms with E-state index in [0.717, 1.165) is 10.2 Å². The molecule has 0 aliphatic heterocycles. The molecular weight excluding hydrogens is 344 g/mol. The third-order valence-corrected chi connectivity index (χ3v) is 5.00.